The monoisotopic (exact) mass is 503 g/mol. The van der Waals surface area contributed by atoms with E-state index in [1.807, 2.05) is 49.4 Å². The van der Waals surface area contributed by atoms with Gasteiger partial charge in [0.15, 0.2) is 0 Å². The number of halogens is 1. The second-order valence-electron chi connectivity index (χ2n) is 6.93. The number of thioether (sulfide) groups is 1. The summed E-state index contributed by atoms with van der Waals surface area (Å²) in [5, 5.41) is -0.501. The maximum atomic E-state index is 12.7. The number of carbonyl (C=O) groups is 3. The summed E-state index contributed by atoms with van der Waals surface area (Å²) in [6, 6.07) is 15.2. The van der Waals surface area contributed by atoms with Crippen molar-refractivity contribution in [3.8, 4) is 5.75 Å². The standard InChI is InChI=1S/C23H22BrNO5S/c1-3-15(2)30-21(26)13-25-22(27)20(31-23(25)28)12-17-11-18(24)9-10-19(17)29-14-16-7-5-4-6-8-16/h4-12,15H,3,13-14H2,1-2H3/b20-12-/t15-/m0/s1. The molecule has 1 aliphatic rings. The van der Waals surface area contributed by atoms with Crippen LogP contribution in [0.25, 0.3) is 6.08 Å². The van der Waals surface area contributed by atoms with Gasteiger partial charge >= 0.3 is 5.97 Å². The van der Waals surface area contributed by atoms with Crippen molar-refractivity contribution in [3.05, 3.63) is 69.0 Å². The summed E-state index contributed by atoms with van der Waals surface area (Å²) in [5.74, 6) is -0.549. The number of hydrogen-bond donors (Lipinski definition) is 0. The van der Waals surface area contributed by atoms with Crippen molar-refractivity contribution in [2.24, 2.45) is 0 Å². The maximum absolute atomic E-state index is 12.7. The van der Waals surface area contributed by atoms with Gasteiger partial charge in [0.05, 0.1) is 11.0 Å². The average Bonchev–Trinajstić information content (AvgIpc) is 3.01. The number of amides is 2. The molecule has 1 atom stereocenters. The third-order valence-corrected chi connectivity index (χ3v) is 5.96. The highest BCUT2D eigenvalue weighted by atomic mass is 79.9. The lowest BCUT2D eigenvalue weighted by Gasteiger charge is -2.15. The number of ether oxygens (including phenoxy) is 2. The van der Waals surface area contributed by atoms with Crippen LogP contribution in [0.2, 0.25) is 0 Å². The molecule has 2 aromatic carbocycles. The molecule has 0 N–H and O–H groups in total. The Bertz CT molecular complexity index is 1010. The van der Waals surface area contributed by atoms with E-state index in [1.165, 1.54) is 0 Å². The molecule has 1 heterocycles. The van der Waals surface area contributed by atoms with Gasteiger partial charge in [-0.05, 0) is 54.9 Å². The highest BCUT2D eigenvalue weighted by Crippen LogP contribution is 2.35. The fourth-order valence-corrected chi connectivity index (χ4v) is 3.96. The van der Waals surface area contributed by atoms with Crippen LogP contribution in [0.15, 0.2) is 57.9 Å². The molecule has 1 aliphatic heterocycles. The van der Waals surface area contributed by atoms with Gasteiger partial charge < -0.3 is 9.47 Å². The molecule has 0 spiro atoms. The highest BCUT2D eigenvalue weighted by Gasteiger charge is 2.37. The van der Waals surface area contributed by atoms with Crippen LogP contribution in [0, 0.1) is 0 Å². The smallest absolute Gasteiger partial charge is 0.326 e. The molecule has 0 aliphatic carbocycles. The van der Waals surface area contributed by atoms with Gasteiger partial charge in [0.2, 0.25) is 0 Å². The van der Waals surface area contributed by atoms with Gasteiger partial charge in [-0.3, -0.25) is 19.3 Å². The van der Waals surface area contributed by atoms with Gasteiger partial charge in [0.1, 0.15) is 18.9 Å². The minimum atomic E-state index is -0.604. The Labute approximate surface area is 193 Å². The number of benzene rings is 2. The number of esters is 1. The van der Waals surface area contributed by atoms with Crippen molar-refractivity contribution < 1.29 is 23.9 Å². The zero-order valence-corrected chi connectivity index (χ0v) is 19.6. The number of rotatable bonds is 8. The predicted molar refractivity (Wildman–Crippen MR) is 123 cm³/mol. The van der Waals surface area contributed by atoms with E-state index in [0.29, 0.717) is 24.3 Å². The Kier molecular flexibility index (Phi) is 7.92. The molecule has 162 valence electrons. The van der Waals surface area contributed by atoms with Crippen molar-refractivity contribution in [2.75, 3.05) is 6.54 Å². The molecule has 31 heavy (non-hydrogen) atoms. The molecule has 8 heteroatoms. The van der Waals surface area contributed by atoms with Crippen LogP contribution in [-0.4, -0.2) is 34.7 Å². The number of imide groups is 1. The summed E-state index contributed by atoms with van der Waals surface area (Å²) in [4.78, 5) is 38.2. The van der Waals surface area contributed by atoms with Crippen LogP contribution >= 0.6 is 27.7 Å². The molecule has 1 saturated heterocycles. The van der Waals surface area contributed by atoms with E-state index in [4.69, 9.17) is 9.47 Å². The van der Waals surface area contributed by atoms with Crippen LogP contribution in [0.3, 0.4) is 0 Å². The van der Waals surface area contributed by atoms with Crippen LogP contribution in [0.5, 0.6) is 5.75 Å². The molecule has 0 saturated carbocycles. The molecular weight excluding hydrogens is 482 g/mol. The second-order valence-corrected chi connectivity index (χ2v) is 8.84. The van der Waals surface area contributed by atoms with Crippen molar-refractivity contribution >= 4 is 50.9 Å². The molecule has 0 bridgehead atoms. The number of nitrogens with zero attached hydrogens (tertiary/aromatic N) is 1. The van der Waals surface area contributed by atoms with Gasteiger partial charge in [0.25, 0.3) is 11.1 Å². The Balaban J connectivity index is 1.76. The molecular formula is C23H22BrNO5S. The second kappa shape index (κ2) is 10.6. The molecule has 6 nitrogen and oxygen atoms in total. The van der Waals surface area contributed by atoms with E-state index in [0.717, 1.165) is 26.7 Å². The summed E-state index contributed by atoms with van der Waals surface area (Å²) in [6.45, 7) is 3.61. The minimum Gasteiger partial charge on any atom is -0.488 e. The molecule has 2 aromatic rings. The normalized spacial score (nSPS) is 16.0. The van der Waals surface area contributed by atoms with E-state index in [-0.39, 0.29) is 11.0 Å². The minimum absolute atomic E-state index is 0.226. The van der Waals surface area contributed by atoms with Crippen molar-refractivity contribution in [2.45, 2.75) is 33.0 Å². The zero-order chi connectivity index (χ0) is 22.4. The average molecular weight is 504 g/mol. The van der Waals surface area contributed by atoms with Crippen molar-refractivity contribution in [1.82, 2.24) is 4.90 Å². The lowest BCUT2D eigenvalue weighted by molar-refractivity contribution is -0.150. The first-order chi connectivity index (χ1) is 14.9. The van der Waals surface area contributed by atoms with Crippen LogP contribution in [-0.2, 0) is 20.9 Å². The quantitative estimate of drug-likeness (QED) is 0.354. The summed E-state index contributed by atoms with van der Waals surface area (Å²) < 4.78 is 11.9. The van der Waals surface area contributed by atoms with E-state index >= 15 is 0 Å². The lowest BCUT2D eigenvalue weighted by Crippen LogP contribution is -2.35. The first kappa shape index (κ1) is 23.1. The number of carbonyl (C=O) groups excluding carboxylic acids is 3. The SMILES string of the molecule is CC[C@H](C)OC(=O)CN1C(=O)S/C(=C\c2cc(Br)ccc2OCc2ccccc2)C1=O. The van der Waals surface area contributed by atoms with Gasteiger partial charge in [0, 0.05) is 10.0 Å². The van der Waals surface area contributed by atoms with E-state index in [1.54, 1.807) is 19.1 Å². The zero-order valence-electron chi connectivity index (χ0n) is 17.2. The predicted octanol–water partition coefficient (Wildman–Crippen LogP) is 5.41. The highest BCUT2D eigenvalue weighted by molar-refractivity contribution is 9.10. The van der Waals surface area contributed by atoms with Crippen molar-refractivity contribution in [1.29, 1.82) is 0 Å². The molecule has 3 rings (SSSR count). The Hall–Kier alpha value is -2.58. The Morgan fingerprint density at radius 1 is 1.19 bits per heavy atom. The third-order valence-electron chi connectivity index (χ3n) is 4.56. The third kappa shape index (κ3) is 6.21. The fraction of sp³-hybridized carbons (Fsp3) is 0.261. The van der Waals surface area contributed by atoms with Gasteiger partial charge in [-0.2, -0.15) is 0 Å². The largest absolute Gasteiger partial charge is 0.488 e. The Morgan fingerprint density at radius 3 is 2.65 bits per heavy atom. The summed E-state index contributed by atoms with van der Waals surface area (Å²) in [5.41, 5.74) is 1.66. The molecule has 0 radical (unpaired) electrons. The van der Waals surface area contributed by atoms with Crippen LogP contribution in [0.1, 0.15) is 31.4 Å². The van der Waals surface area contributed by atoms with E-state index in [2.05, 4.69) is 15.9 Å². The summed E-state index contributed by atoms with van der Waals surface area (Å²) >= 11 is 4.22. The Morgan fingerprint density at radius 2 is 1.94 bits per heavy atom. The molecule has 1 fully saturated rings. The molecule has 0 aromatic heterocycles. The van der Waals surface area contributed by atoms with Gasteiger partial charge in [-0.15, -0.1) is 0 Å². The summed E-state index contributed by atoms with van der Waals surface area (Å²) in [7, 11) is 0. The van der Waals surface area contributed by atoms with Gasteiger partial charge in [-0.1, -0.05) is 53.2 Å². The molecule has 2 amide bonds. The van der Waals surface area contributed by atoms with Crippen molar-refractivity contribution in [3.63, 3.8) is 0 Å². The lowest BCUT2D eigenvalue weighted by atomic mass is 10.1. The first-order valence-corrected chi connectivity index (χ1v) is 11.4. The number of hydrogen-bond acceptors (Lipinski definition) is 6. The van der Waals surface area contributed by atoms with E-state index in [9.17, 15) is 14.4 Å². The fourth-order valence-electron chi connectivity index (χ4n) is 2.75. The van der Waals surface area contributed by atoms with Gasteiger partial charge in [-0.25, -0.2) is 0 Å². The first-order valence-electron chi connectivity index (χ1n) is 9.78. The van der Waals surface area contributed by atoms with E-state index < -0.39 is 23.7 Å². The topological polar surface area (TPSA) is 72.9 Å². The maximum Gasteiger partial charge on any atom is 0.326 e. The van der Waals surface area contributed by atoms with Crippen LogP contribution in [0.4, 0.5) is 4.79 Å². The van der Waals surface area contributed by atoms with Crippen LogP contribution < -0.4 is 4.74 Å². The molecule has 0 unspecified atom stereocenters. The summed E-state index contributed by atoms with van der Waals surface area (Å²) in [6.07, 6.45) is 1.99.